The Kier molecular flexibility index (Phi) is 3.96. The van der Waals surface area contributed by atoms with Crippen LogP contribution in [-0.2, 0) is 12.2 Å². The molecule has 1 nitrogen and oxygen atoms in total. The highest BCUT2D eigenvalue weighted by Crippen LogP contribution is 2.35. The van der Waals surface area contributed by atoms with Gasteiger partial charge in [0.2, 0.25) is 0 Å². The molecule has 0 amide bonds. The molecule has 2 heterocycles. The van der Waals surface area contributed by atoms with Gasteiger partial charge in [-0.3, -0.25) is 4.79 Å². The zero-order valence-corrected chi connectivity index (χ0v) is 12.7. The monoisotopic (exact) mass is 308 g/mol. The third kappa shape index (κ3) is 2.73. The van der Waals surface area contributed by atoms with Crippen LogP contribution in [0.15, 0.2) is 36.4 Å². The topological polar surface area (TPSA) is 17.1 Å². The number of alkyl halides is 1. The van der Waals surface area contributed by atoms with Gasteiger partial charge in [-0.15, -0.1) is 22.9 Å². The van der Waals surface area contributed by atoms with Crippen molar-refractivity contribution in [2.24, 2.45) is 0 Å². The molecule has 4 heteroatoms. The lowest BCUT2D eigenvalue weighted by Crippen LogP contribution is -2.05. The van der Waals surface area contributed by atoms with Crippen molar-refractivity contribution in [1.29, 1.82) is 0 Å². The minimum absolute atomic E-state index is 0.0252. The first-order chi connectivity index (χ1) is 9.25. The Hall–Kier alpha value is -0.770. The van der Waals surface area contributed by atoms with Crippen molar-refractivity contribution in [2.75, 3.05) is 5.75 Å². The maximum Gasteiger partial charge on any atom is 0.195 e. The molecule has 1 aromatic heterocycles. The third-order valence-corrected chi connectivity index (χ3v) is 5.90. The SMILES string of the molecule is O=C(c1cc2c(s1)CCSC2)C(Cl)c1ccccc1. The molecule has 19 heavy (non-hydrogen) atoms. The fraction of sp³-hybridized carbons (Fsp3) is 0.267. The van der Waals surface area contributed by atoms with E-state index in [0.29, 0.717) is 0 Å². The van der Waals surface area contributed by atoms with Crippen LogP contribution in [0.2, 0.25) is 0 Å². The summed E-state index contributed by atoms with van der Waals surface area (Å²) >= 11 is 9.86. The first kappa shape index (κ1) is 13.2. The van der Waals surface area contributed by atoms with E-state index in [-0.39, 0.29) is 5.78 Å². The molecule has 1 atom stereocenters. The van der Waals surface area contributed by atoms with Crippen molar-refractivity contribution in [3.8, 4) is 0 Å². The van der Waals surface area contributed by atoms with Crippen molar-refractivity contribution < 1.29 is 4.79 Å². The van der Waals surface area contributed by atoms with E-state index in [2.05, 4.69) is 0 Å². The average molecular weight is 309 g/mol. The molecule has 3 rings (SSSR count). The quantitative estimate of drug-likeness (QED) is 0.604. The molecule has 0 spiro atoms. The molecule has 0 saturated heterocycles. The molecule has 2 aromatic rings. The Balaban J connectivity index is 1.86. The van der Waals surface area contributed by atoms with Crippen molar-refractivity contribution in [3.63, 3.8) is 0 Å². The normalized spacial score (nSPS) is 15.8. The number of thiophene rings is 1. The number of halogens is 1. The van der Waals surface area contributed by atoms with Gasteiger partial charge in [0.05, 0.1) is 4.88 Å². The summed E-state index contributed by atoms with van der Waals surface area (Å²) in [7, 11) is 0. The van der Waals surface area contributed by atoms with E-state index in [1.165, 1.54) is 10.4 Å². The fourth-order valence-corrected chi connectivity index (χ4v) is 4.84. The molecule has 98 valence electrons. The van der Waals surface area contributed by atoms with Crippen molar-refractivity contribution in [2.45, 2.75) is 17.6 Å². The Morgan fingerprint density at radius 1 is 1.26 bits per heavy atom. The van der Waals surface area contributed by atoms with Gasteiger partial charge in [0.25, 0.3) is 0 Å². The summed E-state index contributed by atoms with van der Waals surface area (Å²) in [6, 6.07) is 11.6. The molecule has 0 N–H and O–H groups in total. The number of benzene rings is 1. The fourth-order valence-electron chi connectivity index (χ4n) is 2.17. The van der Waals surface area contributed by atoms with Crippen molar-refractivity contribution in [3.05, 3.63) is 57.3 Å². The van der Waals surface area contributed by atoms with E-state index < -0.39 is 5.38 Å². The minimum Gasteiger partial charge on any atom is -0.291 e. The number of Topliss-reactive ketones (excluding diaryl/α,β-unsaturated/α-hetero) is 1. The van der Waals surface area contributed by atoms with Crippen LogP contribution in [0.5, 0.6) is 0 Å². The Labute approximate surface area is 126 Å². The second-order valence-electron chi connectivity index (χ2n) is 4.50. The van der Waals surface area contributed by atoms with Gasteiger partial charge < -0.3 is 0 Å². The minimum atomic E-state index is -0.575. The number of carbonyl (C=O) groups is 1. The van der Waals surface area contributed by atoms with Gasteiger partial charge in [-0.25, -0.2) is 0 Å². The molecular weight excluding hydrogens is 296 g/mol. The highest BCUT2D eigenvalue weighted by molar-refractivity contribution is 7.98. The number of rotatable bonds is 3. The lowest BCUT2D eigenvalue weighted by atomic mass is 10.1. The smallest absolute Gasteiger partial charge is 0.195 e. The largest absolute Gasteiger partial charge is 0.291 e. The predicted molar refractivity (Wildman–Crippen MR) is 83.6 cm³/mol. The van der Waals surface area contributed by atoms with Crippen LogP contribution < -0.4 is 0 Å². The van der Waals surface area contributed by atoms with Crippen LogP contribution in [0.4, 0.5) is 0 Å². The first-order valence-electron chi connectivity index (χ1n) is 6.18. The molecule has 0 radical (unpaired) electrons. The van der Waals surface area contributed by atoms with Crippen molar-refractivity contribution in [1.82, 2.24) is 0 Å². The van der Waals surface area contributed by atoms with Crippen LogP contribution in [0.3, 0.4) is 0 Å². The van der Waals surface area contributed by atoms with Crippen LogP contribution >= 0.6 is 34.7 Å². The van der Waals surface area contributed by atoms with E-state index in [1.54, 1.807) is 11.3 Å². The lowest BCUT2D eigenvalue weighted by molar-refractivity contribution is 0.0991. The molecule has 0 saturated carbocycles. The summed E-state index contributed by atoms with van der Waals surface area (Å²) in [5, 5.41) is -0.575. The average Bonchev–Trinajstić information content (AvgIpc) is 2.90. The molecule has 0 bridgehead atoms. The first-order valence-corrected chi connectivity index (χ1v) is 8.59. The number of hydrogen-bond acceptors (Lipinski definition) is 3. The lowest BCUT2D eigenvalue weighted by Gasteiger charge is -2.08. The summed E-state index contributed by atoms with van der Waals surface area (Å²) in [6.07, 6.45) is 1.08. The summed E-state index contributed by atoms with van der Waals surface area (Å²) < 4.78 is 0. The number of hydrogen-bond donors (Lipinski definition) is 0. The van der Waals surface area contributed by atoms with Gasteiger partial charge in [0, 0.05) is 10.6 Å². The third-order valence-electron chi connectivity index (χ3n) is 3.19. The van der Waals surface area contributed by atoms with E-state index in [0.717, 1.165) is 28.4 Å². The Bertz CT molecular complexity index is 568. The zero-order chi connectivity index (χ0) is 13.2. The maximum absolute atomic E-state index is 12.4. The molecule has 1 aliphatic rings. The number of carbonyl (C=O) groups excluding carboxylic acids is 1. The molecule has 1 unspecified atom stereocenters. The van der Waals surface area contributed by atoms with Crippen LogP contribution in [0.25, 0.3) is 0 Å². The summed E-state index contributed by atoms with van der Waals surface area (Å²) in [6.45, 7) is 0. The van der Waals surface area contributed by atoms with Gasteiger partial charge in [-0.1, -0.05) is 30.3 Å². The standard InChI is InChI=1S/C15H13ClOS2/c16-14(10-4-2-1-3-5-10)15(17)13-8-11-9-18-7-6-12(11)19-13/h1-5,8,14H,6-7,9H2. The Morgan fingerprint density at radius 3 is 2.79 bits per heavy atom. The highest BCUT2D eigenvalue weighted by atomic mass is 35.5. The van der Waals surface area contributed by atoms with Crippen LogP contribution in [0.1, 0.15) is 31.1 Å². The van der Waals surface area contributed by atoms with Crippen LogP contribution in [-0.4, -0.2) is 11.5 Å². The zero-order valence-electron chi connectivity index (χ0n) is 10.3. The highest BCUT2D eigenvalue weighted by Gasteiger charge is 2.23. The molecular formula is C15H13ClOS2. The van der Waals surface area contributed by atoms with E-state index in [9.17, 15) is 4.79 Å². The molecule has 1 aliphatic heterocycles. The summed E-state index contributed by atoms with van der Waals surface area (Å²) in [5.41, 5.74) is 2.19. The van der Waals surface area contributed by atoms with E-state index in [1.807, 2.05) is 48.2 Å². The van der Waals surface area contributed by atoms with Gasteiger partial charge in [-0.05, 0) is 29.4 Å². The Morgan fingerprint density at radius 2 is 2.05 bits per heavy atom. The second-order valence-corrected chi connectivity index (χ2v) is 7.18. The number of aryl methyl sites for hydroxylation is 1. The van der Waals surface area contributed by atoms with Gasteiger partial charge >= 0.3 is 0 Å². The second kappa shape index (κ2) is 5.70. The molecule has 0 aliphatic carbocycles. The summed E-state index contributed by atoms with van der Waals surface area (Å²) in [4.78, 5) is 14.6. The molecule has 0 fully saturated rings. The summed E-state index contributed by atoms with van der Waals surface area (Å²) in [5.74, 6) is 2.21. The van der Waals surface area contributed by atoms with Gasteiger partial charge in [0.1, 0.15) is 5.38 Å². The maximum atomic E-state index is 12.4. The predicted octanol–water partition coefficient (Wildman–Crippen LogP) is 4.70. The molecule has 1 aromatic carbocycles. The number of thioether (sulfide) groups is 1. The number of fused-ring (bicyclic) bond motifs is 1. The van der Waals surface area contributed by atoms with E-state index >= 15 is 0 Å². The van der Waals surface area contributed by atoms with E-state index in [4.69, 9.17) is 11.6 Å². The number of ketones is 1. The van der Waals surface area contributed by atoms with Crippen LogP contribution in [0, 0.1) is 0 Å². The van der Waals surface area contributed by atoms with Gasteiger partial charge in [0.15, 0.2) is 5.78 Å². The van der Waals surface area contributed by atoms with Gasteiger partial charge in [-0.2, -0.15) is 11.8 Å². The van der Waals surface area contributed by atoms with Crippen molar-refractivity contribution >= 4 is 40.5 Å².